The van der Waals surface area contributed by atoms with Gasteiger partial charge in [0, 0.05) is 44.8 Å². The van der Waals surface area contributed by atoms with Gasteiger partial charge in [0.05, 0.1) is 49.1 Å². The molecule has 0 radical (unpaired) electrons. The fourth-order valence-electron chi connectivity index (χ4n) is 8.59. The van der Waals surface area contributed by atoms with Gasteiger partial charge in [0.15, 0.2) is 34.3 Å². The highest BCUT2D eigenvalue weighted by Gasteiger charge is 2.51. The highest BCUT2D eigenvalue weighted by atomic mass is 127. The average molecular weight is 998 g/mol. The highest BCUT2D eigenvalue weighted by Crippen LogP contribution is 2.37. The molecule has 62 heavy (non-hydrogen) atoms. The second-order valence-corrected chi connectivity index (χ2v) is 18.7. The third-order valence-electron chi connectivity index (χ3n) is 12.2. The lowest BCUT2D eigenvalue weighted by atomic mass is 9.79. The molecule has 0 aromatic heterocycles. The maximum absolute atomic E-state index is 13.6. The largest absolute Gasteiger partial charge is 0.506 e. The van der Waals surface area contributed by atoms with Crippen LogP contribution in [0.5, 0.6) is 0 Å². The number of hydrogen-bond donors (Lipinski definition) is 5. The van der Waals surface area contributed by atoms with Crippen LogP contribution in [-0.4, -0.2) is 173 Å². The highest BCUT2D eigenvalue weighted by molar-refractivity contribution is 14.1. The lowest BCUT2D eigenvalue weighted by molar-refractivity contribution is -0.341. The quantitative estimate of drug-likeness (QED) is 0.0817. The minimum absolute atomic E-state index is 0.0384. The molecule has 2 fully saturated rings. The molecule has 19 heteroatoms. The van der Waals surface area contributed by atoms with E-state index in [0.29, 0.717) is 11.9 Å². The SMILES string of the molecule is COC1C(O)=CO[C@@H](OCC2/C=C(C)/C=C/C(=O)[C@H](C)C[C@H](CC=O)[C@H](O[C@@H]3OC(C)[C@@H](O[C@H]4CC(C)(O)[C@@H](O)C(C)O4)C(N(C)C)C3O)[C@@H](C)[C@H](O)CC(=O)O[C@@H]2I)C1OC. The van der Waals surface area contributed by atoms with Gasteiger partial charge in [-0.1, -0.05) is 31.6 Å². The Morgan fingerprint density at radius 1 is 0.968 bits per heavy atom. The lowest BCUT2D eigenvalue weighted by Crippen LogP contribution is -2.65. The number of allylic oxidation sites excluding steroid dienone is 3. The van der Waals surface area contributed by atoms with Crippen molar-refractivity contribution in [2.45, 2.75) is 157 Å². The third kappa shape index (κ3) is 13.3. The van der Waals surface area contributed by atoms with Gasteiger partial charge in [0.25, 0.3) is 0 Å². The molecule has 0 aliphatic carbocycles. The van der Waals surface area contributed by atoms with Crippen LogP contribution >= 0.6 is 22.6 Å². The standard InChI is InChI=1S/C43H68INO17/c1-21-11-12-28(47)22(2)16-26(13-14-46)35(62-41-34(51)33(45(7)8)36(24(4)59-41)61-32-18-43(6,53)39(52)25(5)58-32)23(3)29(48)17-31(50)60-40(44)27(15-21)19-56-42-38(55-10)37(54-9)30(49)20-57-42/h11-12,14-15,20,22-27,29,32-42,48-49,51-53H,13,16-19H2,1-10H3/b12-11+,21-15+/t22-,23+,24?,25?,26+,27?,29-,32+,33?,34?,35-,36-,37?,38?,39+,40+,41+,42-,43?/m1/s1. The van der Waals surface area contributed by atoms with Crippen LogP contribution in [0.4, 0.5) is 0 Å². The first kappa shape index (κ1) is 52.5. The Kier molecular flexibility index (Phi) is 19.8. The van der Waals surface area contributed by atoms with E-state index in [2.05, 4.69) is 0 Å². The number of carbonyl (C=O) groups is 3. The van der Waals surface area contributed by atoms with Crippen molar-refractivity contribution in [2.24, 2.45) is 23.7 Å². The molecule has 0 aromatic carbocycles. The fourth-order valence-corrected chi connectivity index (χ4v) is 9.29. The maximum Gasteiger partial charge on any atom is 0.309 e. The summed E-state index contributed by atoms with van der Waals surface area (Å²) in [4.78, 5) is 41.2. The van der Waals surface area contributed by atoms with E-state index in [4.69, 9.17) is 42.6 Å². The zero-order chi connectivity index (χ0) is 46.2. The molecule has 0 spiro atoms. The van der Waals surface area contributed by atoms with E-state index < -0.39 is 126 Å². The number of aliphatic hydroxyl groups excluding tert-OH is 4. The summed E-state index contributed by atoms with van der Waals surface area (Å²) in [6.45, 7) is 9.99. The molecular formula is C43H68INO17. The fraction of sp³-hybridized carbons (Fsp3) is 0.791. The summed E-state index contributed by atoms with van der Waals surface area (Å²) in [5.41, 5.74) is -0.832. The molecule has 4 aliphatic rings. The molecule has 0 amide bonds. The molecule has 354 valence electrons. The number of esters is 1. The summed E-state index contributed by atoms with van der Waals surface area (Å²) in [7, 11) is 6.33. The van der Waals surface area contributed by atoms with Gasteiger partial charge < -0.3 is 77.9 Å². The van der Waals surface area contributed by atoms with Crippen LogP contribution in [0, 0.1) is 23.7 Å². The number of halogens is 1. The molecule has 0 saturated carbocycles. The molecule has 4 heterocycles. The summed E-state index contributed by atoms with van der Waals surface area (Å²) in [5.74, 6) is -3.86. The molecule has 0 aromatic rings. The van der Waals surface area contributed by atoms with Crippen LogP contribution in [0.25, 0.3) is 0 Å². The number of hydrogen-bond acceptors (Lipinski definition) is 18. The Bertz CT molecular complexity index is 1580. The van der Waals surface area contributed by atoms with E-state index in [1.807, 2.05) is 22.6 Å². The predicted molar refractivity (Wildman–Crippen MR) is 229 cm³/mol. The molecule has 18 nitrogen and oxygen atoms in total. The second-order valence-electron chi connectivity index (χ2n) is 17.5. The summed E-state index contributed by atoms with van der Waals surface area (Å²) in [6.07, 6.45) is -5.78. The van der Waals surface area contributed by atoms with Crippen LogP contribution in [0.3, 0.4) is 0 Å². The number of rotatable bonds is 12. The van der Waals surface area contributed by atoms with Crippen molar-refractivity contribution in [1.82, 2.24) is 4.90 Å². The molecule has 8 unspecified atom stereocenters. The predicted octanol–water partition coefficient (Wildman–Crippen LogP) is 2.47. The molecule has 4 rings (SSSR count). The van der Waals surface area contributed by atoms with E-state index in [1.54, 1.807) is 65.8 Å². The second kappa shape index (κ2) is 23.4. The number of cyclic esters (lactones) is 1. The summed E-state index contributed by atoms with van der Waals surface area (Å²) in [6, 6.07) is -0.750. The monoisotopic (exact) mass is 997 g/mol. The smallest absolute Gasteiger partial charge is 0.309 e. The summed E-state index contributed by atoms with van der Waals surface area (Å²) < 4.78 is 52.7. The zero-order valence-electron chi connectivity index (χ0n) is 37.3. The van der Waals surface area contributed by atoms with E-state index in [9.17, 15) is 39.9 Å². The Hall–Kier alpha value is -2.12. The molecule has 19 atom stereocenters. The number of ether oxygens (including phenoxy) is 9. The molecular weight excluding hydrogens is 929 g/mol. The number of carbonyl (C=O) groups excluding carboxylic acids is 3. The van der Waals surface area contributed by atoms with E-state index in [-0.39, 0.29) is 37.4 Å². The van der Waals surface area contributed by atoms with Gasteiger partial charge in [-0.05, 0) is 82.8 Å². The molecule has 2 saturated heterocycles. The Morgan fingerprint density at radius 2 is 1.66 bits per heavy atom. The number of ketones is 1. The van der Waals surface area contributed by atoms with Crippen molar-refractivity contribution in [3.8, 4) is 0 Å². The first-order valence-electron chi connectivity index (χ1n) is 21.1. The Labute approximate surface area is 377 Å². The average Bonchev–Trinajstić information content (AvgIpc) is 3.20. The normalized spacial score (nSPS) is 44.4. The van der Waals surface area contributed by atoms with Gasteiger partial charge >= 0.3 is 5.97 Å². The zero-order valence-corrected chi connectivity index (χ0v) is 39.4. The Balaban J connectivity index is 1.59. The summed E-state index contributed by atoms with van der Waals surface area (Å²) in [5, 5.41) is 55.1. The van der Waals surface area contributed by atoms with Gasteiger partial charge in [0.1, 0.15) is 37.0 Å². The van der Waals surface area contributed by atoms with Gasteiger partial charge in [-0.3, -0.25) is 9.59 Å². The van der Waals surface area contributed by atoms with Crippen molar-refractivity contribution in [3.63, 3.8) is 0 Å². The van der Waals surface area contributed by atoms with Gasteiger partial charge in [-0.25, -0.2) is 0 Å². The van der Waals surface area contributed by atoms with Crippen LogP contribution in [0.15, 0.2) is 35.8 Å². The number of aliphatic hydroxyl groups is 5. The van der Waals surface area contributed by atoms with Gasteiger partial charge in [-0.15, -0.1) is 0 Å². The van der Waals surface area contributed by atoms with Gasteiger partial charge in [0.2, 0.25) is 6.29 Å². The van der Waals surface area contributed by atoms with Crippen molar-refractivity contribution in [2.75, 3.05) is 34.9 Å². The van der Waals surface area contributed by atoms with E-state index in [1.165, 1.54) is 27.2 Å². The molecule has 5 N–H and O–H groups in total. The number of methoxy groups -OCH3 is 2. The van der Waals surface area contributed by atoms with Crippen molar-refractivity contribution in [1.29, 1.82) is 0 Å². The maximum atomic E-state index is 13.6. The van der Waals surface area contributed by atoms with Crippen molar-refractivity contribution >= 4 is 40.6 Å². The first-order valence-corrected chi connectivity index (χ1v) is 22.3. The minimum atomic E-state index is -1.49. The van der Waals surface area contributed by atoms with Crippen LogP contribution in [0.1, 0.15) is 67.2 Å². The third-order valence-corrected chi connectivity index (χ3v) is 13.4. The number of aldehydes is 1. The van der Waals surface area contributed by atoms with Crippen LogP contribution < -0.4 is 0 Å². The van der Waals surface area contributed by atoms with E-state index in [0.717, 1.165) is 6.26 Å². The van der Waals surface area contributed by atoms with Crippen molar-refractivity contribution < 1.29 is 82.5 Å². The topological polar surface area (TPSA) is 239 Å². The number of alkyl halides is 1. The van der Waals surface area contributed by atoms with E-state index >= 15 is 0 Å². The number of likely N-dealkylation sites (N-methyl/N-ethyl adjacent to an activating group) is 1. The van der Waals surface area contributed by atoms with Crippen molar-refractivity contribution in [3.05, 3.63) is 35.8 Å². The minimum Gasteiger partial charge on any atom is -0.506 e. The molecule has 4 aliphatic heterocycles. The van der Waals surface area contributed by atoms with Gasteiger partial charge in [-0.2, -0.15) is 0 Å². The molecule has 0 bridgehead atoms. The Morgan fingerprint density at radius 3 is 2.27 bits per heavy atom. The first-order chi connectivity index (χ1) is 29.1. The lowest BCUT2D eigenvalue weighted by Gasteiger charge is -2.50. The number of nitrogens with zero attached hydrogens (tertiary/aromatic N) is 1. The summed E-state index contributed by atoms with van der Waals surface area (Å²) >= 11 is 1.96. The van der Waals surface area contributed by atoms with Crippen LogP contribution in [-0.2, 0) is 57.0 Å². The van der Waals surface area contributed by atoms with Crippen LogP contribution in [0.2, 0.25) is 0 Å².